The zero-order chi connectivity index (χ0) is 23.6. The third-order valence-corrected chi connectivity index (χ3v) is 9.01. The molecule has 1 saturated heterocycles. The molecular weight excluding hydrogens is 463 g/mol. The second kappa shape index (κ2) is 10.1. The lowest BCUT2D eigenvalue weighted by molar-refractivity contribution is -0.132. The van der Waals surface area contributed by atoms with Crippen LogP contribution in [0.3, 0.4) is 0 Å². The summed E-state index contributed by atoms with van der Waals surface area (Å²) >= 11 is 1.29. The third-order valence-electron chi connectivity index (χ3n) is 6.31. The van der Waals surface area contributed by atoms with Crippen LogP contribution in [0.25, 0.3) is 11.4 Å². The summed E-state index contributed by atoms with van der Waals surface area (Å²) in [6, 6.07) is 6.34. The van der Waals surface area contributed by atoms with E-state index in [0.717, 1.165) is 25.7 Å². The molecule has 1 amide bonds. The van der Waals surface area contributed by atoms with Crippen molar-refractivity contribution in [3.05, 3.63) is 30.1 Å². The van der Waals surface area contributed by atoms with Crippen LogP contribution in [0.4, 0.5) is 4.39 Å². The van der Waals surface area contributed by atoms with E-state index >= 15 is 0 Å². The van der Waals surface area contributed by atoms with E-state index in [0.29, 0.717) is 29.5 Å². The summed E-state index contributed by atoms with van der Waals surface area (Å²) < 4.78 is 40.5. The number of rotatable bonds is 8. The molecule has 2 heterocycles. The van der Waals surface area contributed by atoms with Crippen LogP contribution >= 0.6 is 11.8 Å². The Balaban J connectivity index is 1.54. The Bertz CT molecular complexity index is 1100. The fourth-order valence-electron chi connectivity index (χ4n) is 4.85. The van der Waals surface area contributed by atoms with Crippen LogP contribution in [0.15, 0.2) is 29.4 Å². The predicted molar refractivity (Wildman–Crippen MR) is 127 cm³/mol. The van der Waals surface area contributed by atoms with Crippen molar-refractivity contribution in [1.82, 2.24) is 19.7 Å². The molecule has 2 aliphatic rings. The zero-order valence-corrected chi connectivity index (χ0v) is 20.7. The summed E-state index contributed by atoms with van der Waals surface area (Å²) in [7, 11) is -3.08. The van der Waals surface area contributed by atoms with E-state index in [1.165, 1.54) is 17.8 Å². The number of carbonyl (C=O) groups is 1. The van der Waals surface area contributed by atoms with Crippen LogP contribution in [0.1, 0.15) is 46.0 Å². The highest BCUT2D eigenvalue weighted by Crippen LogP contribution is 2.31. The van der Waals surface area contributed by atoms with Crippen LogP contribution < -0.4 is 0 Å². The Morgan fingerprint density at radius 2 is 1.91 bits per heavy atom. The van der Waals surface area contributed by atoms with Gasteiger partial charge in [-0.25, -0.2) is 12.8 Å². The molecule has 2 aromatic rings. The van der Waals surface area contributed by atoms with Crippen LogP contribution in [-0.2, 0) is 21.2 Å². The smallest absolute Gasteiger partial charge is 0.233 e. The van der Waals surface area contributed by atoms with E-state index in [1.807, 2.05) is 9.47 Å². The molecule has 7 nitrogen and oxygen atoms in total. The molecule has 1 aliphatic carbocycles. The molecule has 4 rings (SSSR count). The molecule has 1 aromatic heterocycles. The lowest BCUT2D eigenvalue weighted by atomic mass is 10.1. The molecule has 1 aliphatic heterocycles. The molecule has 1 aromatic carbocycles. The van der Waals surface area contributed by atoms with Crippen molar-refractivity contribution in [2.45, 2.75) is 69.7 Å². The Morgan fingerprint density at radius 3 is 2.55 bits per heavy atom. The fourth-order valence-corrected chi connectivity index (χ4v) is 7.38. The Hall–Kier alpha value is -1.94. The van der Waals surface area contributed by atoms with Gasteiger partial charge in [0.05, 0.1) is 22.8 Å². The number of thioether (sulfide) groups is 1. The van der Waals surface area contributed by atoms with Crippen LogP contribution in [0.2, 0.25) is 0 Å². The van der Waals surface area contributed by atoms with Crippen molar-refractivity contribution in [1.29, 1.82) is 0 Å². The molecule has 1 unspecified atom stereocenters. The third kappa shape index (κ3) is 5.59. The van der Waals surface area contributed by atoms with Crippen molar-refractivity contribution in [2.75, 3.05) is 17.3 Å². The van der Waals surface area contributed by atoms with Gasteiger partial charge in [-0.05, 0) is 37.3 Å². The number of halogens is 1. The predicted octanol–water partition coefficient (Wildman–Crippen LogP) is 3.79. The van der Waals surface area contributed by atoms with Gasteiger partial charge in [0.15, 0.2) is 20.8 Å². The molecule has 0 bridgehead atoms. The van der Waals surface area contributed by atoms with Crippen LogP contribution in [-0.4, -0.2) is 63.3 Å². The molecule has 0 radical (unpaired) electrons. The molecular formula is C23H31FN4O3S2. The molecule has 1 saturated carbocycles. The SMILES string of the molecule is CC(C)Cn1c(SCC(=O)N(C2CCCC2)C2CCS(=O)(=O)C2)nnc1-c1ccccc1F. The van der Waals surface area contributed by atoms with Gasteiger partial charge in [0.1, 0.15) is 5.82 Å². The molecule has 33 heavy (non-hydrogen) atoms. The zero-order valence-electron chi connectivity index (χ0n) is 19.1. The maximum atomic E-state index is 14.4. The minimum Gasteiger partial charge on any atom is -0.335 e. The van der Waals surface area contributed by atoms with E-state index < -0.39 is 9.84 Å². The minimum absolute atomic E-state index is 0.0551. The number of hydrogen-bond acceptors (Lipinski definition) is 6. The molecule has 2 fully saturated rings. The van der Waals surface area contributed by atoms with E-state index in [-0.39, 0.29) is 47.0 Å². The minimum atomic E-state index is -3.08. The quantitative estimate of drug-likeness (QED) is 0.519. The molecule has 10 heteroatoms. The van der Waals surface area contributed by atoms with Crippen molar-refractivity contribution >= 4 is 27.5 Å². The Kier molecular flexibility index (Phi) is 7.43. The van der Waals surface area contributed by atoms with E-state index in [1.54, 1.807) is 18.2 Å². The summed E-state index contributed by atoms with van der Waals surface area (Å²) in [5.74, 6) is 0.668. The van der Waals surface area contributed by atoms with Gasteiger partial charge >= 0.3 is 0 Å². The lowest BCUT2D eigenvalue weighted by Gasteiger charge is -2.34. The number of aromatic nitrogens is 3. The van der Waals surface area contributed by atoms with Gasteiger partial charge in [0.25, 0.3) is 0 Å². The first kappa shape index (κ1) is 24.2. The fraction of sp³-hybridized carbons (Fsp3) is 0.609. The highest BCUT2D eigenvalue weighted by molar-refractivity contribution is 7.99. The number of benzene rings is 1. The van der Waals surface area contributed by atoms with Gasteiger partial charge in [-0.3, -0.25) is 4.79 Å². The van der Waals surface area contributed by atoms with Gasteiger partial charge in [0, 0.05) is 18.6 Å². The van der Waals surface area contributed by atoms with E-state index in [4.69, 9.17) is 0 Å². The largest absolute Gasteiger partial charge is 0.335 e. The maximum absolute atomic E-state index is 14.4. The molecule has 180 valence electrons. The summed E-state index contributed by atoms with van der Waals surface area (Å²) in [4.78, 5) is 15.2. The topological polar surface area (TPSA) is 85.2 Å². The molecule has 0 N–H and O–H groups in total. The number of nitrogens with zero attached hydrogens (tertiary/aromatic N) is 4. The Labute approximate surface area is 199 Å². The van der Waals surface area contributed by atoms with Gasteiger partial charge < -0.3 is 9.47 Å². The highest BCUT2D eigenvalue weighted by atomic mass is 32.2. The summed E-state index contributed by atoms with van der Waals surface area (Å²) in [5.41, 5.74) is 0.382. The second-order valence-electron chi connectivity index (χ2n) is 9.38. The number of sulfone groups is 1. The standard InChI is InChI=1S/C23H31FN4O3S2/c1-16(2)13-27-22(19-9-5-6-10-20(19)24)25-26-23(27)32-14-21(29)28(17-7-3-4-8-17)18-11-12-33(30,31)15-18/h5-6,9-10,16-18H,3-4,7-8,11-15H2,1-2H3. The normalized spacial score (nSPS) is 20.5. The van der Waals surface area contributed by atoms with Gasteiger partial charge in [-0.2, -0.15) is 0 Å². The average Bonchev–Trinajstić information content (AvgIpc) is 3.48. The van der Waals surface area contributed by atoms with Crippen molar-refractivity contribution < 1.29 is 17.6 Å². The van der Waals surface area contributed by atoms with Crippen LogP contribution in [0, 0.1) is 11.7 Å². The number of carbonyl (C=O) groups excluding carboxylic acids is 1. The van der Waals surface area contributed by atoms with Crippen molar-refractivity contribution in [2.24, 2.45) is 5.92 Å². The van der Waals surface area contributed by atoms with E-state index in [9.17, 15) is 17.6 Å². The monoisotopic (exact) mass is 494 g/mol. The summed E-state index contributed by atoms with van der Waals surface area (Å²) in [6.07, 6.45) is 4.49. The van der Waals surface area contributed by atoms with Crippen LogP contribution in [0.5, 0.6) is 0 Å². The first-order valence-electron chi connectivity index (χ1n) is 11.6. The average molecular weight is 495 g/mol. The van der Waals surface area contributed by atoms with Gasteiger partial charge in [0.2, 0.25) is 5.91 Å². The van der Waals surface area contributed by atoms with Gasteiger partial charge in [-0.15, -0.1) is 10.2 Å². The number of hydrogen-bond donors (Lipinski definition) is 0. The first-order chi connectivity index (χ1) is 15.7. The summed E-state index contributed by atoms with van der Waals surface area (Å²) in [6.45, 7) is 4.72. The Morgan fingerprint density at radius 1 is 1.18 bits per heavy atom. The van der Waals surface area contributed by atoms with E-state index in [2.05, 4.69) is 24.0 Å². The van der Waals surface area contributed by atoms with Gasteiger partial charge in [-0.1, -0.05) is 50.6 Å². The lowest BCUT2D eigenvalue weighted by Crippen LogP contribution is -2.47. The molecule has 1 atom stereocenters. The first-order valence-corrected chi connectivity index (χ1v) is 14.4. The second-order valence-corrected chi connectivity index (χ2v) is 12.5. The van der Waals surface area contributed by atoms with Crippen molar-refractivity contribution in [3.63, 3.8) is 0 Å². The van der Waals surface area contributed by atoms with Crippen molar-refractivity contribution in [3.8, 4) is 11.4 Å². The summed E-state index contributed by atoms with van der Waals surface area (Å²) in [5, 5.41) is 9.09. The highest BCUT2D eigenvalue weighted by Gasteiger charge is 2.39. The molecule has 0 spiro atoms. The number of amides is 1. The maximum Gasteiger partial charge on any atom is 0.233 e.